The Morgan fingerprint density at radius 1 is 1.27 bits per heavy atom. The first kappa shape index (κ1) is 10.7. The summed E-state index contributed by atoms with van der Waals surface area (Å²) in [7, 11) is 0. The monoisotopic (exact) mass is 156 g/mol. The van der Waals surface area contributed by atoms with E-state index in [0.717, 1.165) is 12.8 Å². The van der Waals surface area contributed by atoms with Crippen LogP contribution in [0.1, 0.15) is 40.5 Å². The number of hydrogen-bond acceptors (Lipinski definition) is 1. The molecule has 0 saturated heterocycles. The third kappa shape index (κ3) is 4.20. The van der Waals surface area contributed by atoms with Crippen molar-refractivity contribution in [3.8, 4) is 0 Å². The largest absolute Gasteiger partial charge is 0.386 e. The normalized spacial score (nSPS) is 13.3. The molecular formula is C10H20O. The van der Waals surface area contributed by atoms with Gasteiger partial charge in [0.2, 0.25) is 0 Å². The topological polar surface area (TPSA) is 20.2 Å². The van der Waals surface area contributed by atoms with E-state index in [1.54, 1.807) is 0 Å². The van der Waals surface area contributed by atoms with Crippen LogP contribution in [0.3, 0.4) is 0 Å². The van der Waals surface area contributed by atoms with E-state index in [1.807, 2.05) is 19.9 Å². The van der Waals surface area contributed by atoms with E-state index in [0.29, 0.717) is 5.92 Å². The molecule has 0 heterocycles. The van der Waals surface area contributed by atoms with Gasteiger partial charge in [-0.3, -0.25) is 0 Å². The lowest BCUT2D eigenvalue weighted by molar-refractivity contribution is 0.0823. The predicted octanol–water partition coefficient (Wildman–Crippen LogP) is 2.75. The standard InChI is InChI=1S/C10H20O/c1-5-10(11,6-2)8-7-9(3)4/h7-9,11H,5-6H2,1-4H3. The quantitative estimate of drug-likeness (QED) is 0.620. The number of allylic oxidation sites excluding steroid dienone is 1. The SMILES string of the molecule is CCC(O)(C=CC(C)C)CC. The van der Waals surface area contributed by atoms with Gasteiger partial charge < -0.3 is 5.11 Å². The smallest absolute Gasteiger partial charge is 0.0822 e. The van der Waals surface area contributed by atoms with Gasteiger partial charge >= 0.3 is 0 Å². The van der Waals surface area contributed by atoms with Crippen molar-refractivity contribution in [1.82, 2.24) is 0 Å². The van der Waals surface area contributed by atoms with Gasteiger partial charge in [-0.25, -0.2) is 0 Å². The Labute approximate surface area is 70.1 Å². The van der Waals surface area contributed by atoms with Crippen LogP contribution in [-0.4, -0.2) is 10.7 Å². The van der Waals surface area contributed by atoms with Gasteiger partial charge in [0, 0.05) is 0 Å². The van der Waals surface area contributed by atoms with Crippen molar-refractivity contribution in [2.24, 2.45) is 5.92 Å². The predicted molar refractivity (Wildman–Crippen MR) is 49.5 cm³/mol. The van der Waals surface area contributed by atoms with E-state index in [2.05, 4.69) is 19.9 Å². The third-order valence-corrected chi connectivity index (χ3v) is 2.02. The van der Waals surface area contributed by atoms with E-state index >= 15 is 0 Å². The Morgan fingerprint density at radius 3 is 2.00 bits per heavy atom. The summed E-state index contributed by atoms with van der Waals surface area (Å²) in [5.74, 6) is 0.527. The number of hydrogen-bond donors (Lipinski definition) is 1. The van der Waals surface area contributed by atoms with E-state index in [4.69, 9.17) is 0 Å². The minimum absolute atomic E-state index is 0.527. The fourth-order valence-corrected chi connectivity index (χ4v) is 0.857. The highest BCUT2D eigenvalue weighted by atomic mass is 16.3. The van der Waals surface area contributed by atoms with Crippen molar-refractivity contribution in [2.75, 3.05) is 0 Å². The van der Waals surface area contributed by atoms with Crippen molar-refractivity contribution in [2.45, 2.75) is 46.1 Å². The molecule has 1 N–H and O–H groups in total. The zero-order valence-corrected chi connectivity index (χ0v) is 8.09. The lowest BCUT2D eigenvalue weighted by Gasteiger charge is -2.20. The van der Waals surface area contributed by atoms with E-state index in [1.165, 1.54) is 0 Å². The molecule has 0 bridgehead atoms. The highest BCUT2D eigenvalue weighted by Crippen LogP contribution is 2.16. The molecule has 0 unspecified atom stereocenters. The molecule has 0 spiro atoms. The van der Waals surface area contributed by atoms with Crippen LogP contribution in [0.5, 0.6) is 0 Å². The first-order valence-corrected chi connectivity index (χ1v) is 4.45. The van der Waals surface area contributed by atoms with E-state index < -0.39 is 5.60 Å². The summed E-state index contributed by atoms with van der Waals surface area (Å²) in [5.41, 5.74) is -0.565. The maximum Gasteiger partial charge on any atom is 0.0822 e. The fourth-order valence-electron chi connectivity index (χ4n) is 0.857. The second-order valence-corrected chi connectivity index (χ2v) is 3.41. The average molecular weight is 156 g/mol. The molecule has 0 rings (SSSR count). The molecule has 0 aliphatic rings. The molecule has 0 radical (unpaired) electrons. The summed E-state index contributed by atoms with van der Waals surface area (Å²) in [5, 5.41) is 9.79. The molecule has 66 valence electrons. The van der Waals surface area contributed by atoms with Crippen LogP contribution >= 0.6 is 0 Å². The minimum atomic E-state index is -0.565. The Morgan fingerprint density at radius 2 is 1.73 bits per heavy atom. The molecule has 0 aliphatic heterocycles. The Kier molecular flexibility index (Phi) is 4.43. The maximum atomic E-state index is 9.79. The molecule has 0 aromatic rings. The van der Waals surface area contributed by atoms with Crippen LogP contribution in [0.15, 0.2) is 12.2 Å². The summed E-state index contributed by atoms with van der Waals surface area (Å²) in [6, 6.07) is 0. The van der Waals surface area contributed by atoms with Gasteiger partial charge in [-0.2, -0.15) is 0 Å². The Bertz CT molecular complexity index is 121. The molecule has 0 aliphatic carbocycles. The number of rotatable bonds is 4. The van der Waals surface area contributed by atoms with Crippen molar-refractivity contribution in [3.63, 3.8) is 0 Å². The van der Waals surface area contributed by atoms with Gasteiger partial charge in [-0.15, -0.1) is 0 Å². The van der Waals surface area contributed by atoms with Crippen LogP contribution < -0.4 is 0 Å². The zero-order valence-electron chi connectivity index (χ0n) is 8.09. The zero-order chi connectivity index (χ0) is 8.91. The lowest BCUT2D eigenvalue weighted by Crippen LogP contribution is -2.23. The molecular weight excluding hydrogens is 136 g/mol. The lowest BCUT2D eigenvalue weighted by atomic mass is 9.96. The van der Waals surface area contributed by atoms with Gasteiger partial charge in [0.1, 0.15) is 0 Å². The van der Waals surface area contributed by atoms with Gasteiger partial charge in [0.15, 0.2) is 0 Å². The summed E-state index contributed by atoms with van der Waals surface area (Å²) in [4.78, 5) is 0. The highest BCUT2D eigenvalue weighted by Gasteiger charge is 2.17. The van der Waals surface area contributed by atoms with E-state index in [-0.39, 0.29) is 0 Å². The van der Waals surface area contributed by atoms with Crippen LogP contribution in [0.25, 0.3) is 0 Å². The summed E-state index contributed by atoms with van der Waals surface area (Å²) in [6.07, 6.45) is 5.59. The third-order valence-electron chi connectivity index (χ3n) is 2.02. The van der Waals surface area contributed by atoms with Gasteiger partial charge in [0.05, 0.1) is 5.60 Å². The van der Waals surface area contributed by atoms with Gasteiger partial charge in [0.25, 0.3) is 0 Å². The van der Waals surface area contributed by atoms with Gasteiger partial charge in [-0.1, -0.05) is 39.8 Å². The van der Waals surface area contributed by atoms with Crippen molar-refractivity contribution in [1.29, 1.82) is 0 Å². The molecule has 0 fully saturated rings. The molecule has 0 saturated carbocycles. The summed E-state index contributed by atoms with van der Waals surface area (Å²) < 4.78 is 0. The Hall–Kier alpha value is -0.300. The fraction of sp³-hybridized carbons (Fsp3) is 0.800. The molecule has 11 heavy (non-hydrogen) atoms. The maximum absolute atomic E-state index is 9.79. The molecule has 0 aromatic carbocycles. The molecule has 1 nitrogen and oxygen atoms in total. The first-order chi connectivity index (χ1) is 5.04. The molecule has 0 aromatic heterocycles. The first-order valence-electron chi connectivity index (χ1n) is 4.45. The molecule has 0 amide bonds. The molecule has 0 atom stereocenters. The van der Waals surface area contributed by atoms with Crippen LogP contribution in [0.4, 0.5) is 0 Å². The number of aliphatic hydroxyl groups is 1. The summed E-state index contributed by atoms with van der Waals surface area (Å²) >= 11 is 0. The molecule has 1 heteroatoms. The van der Waals surface area contributed by atoms with Crippen LogP contribution in [0, 0.1) is 5.92 Å². The Balaban J connectivity index is 4.06. The highest BCUT2D eigenvalue weighted by molar-refractivity contribution is 5.00. The minimum Gasteiger partial charge on any atom is -0.386 e. The van der Waals surface area contributed by atoms with Crippen molar-refractivity contribution >= 4 is 0 Å². The van der Waals surface area contributed by atoms with Crippen molar-refractivity contribution in [3.05, 3.63) is 12.2 Å². The second kappa shape index (κ2) is 4.55. The second-order valence-electron chi connectivity index (χ2n) is 3.41. The van der Waals surface area contributed by atoms with Crippen LogP contribution in [-0.2, 0) is 0 Å². The summed E-state index contributed by atoms with van der Waals surface area (Å²) in [6.45, 7) is 8.24. The van der Waals surface area contributed by atoms with E-state index in [9.17, 15) is 5.11 Å². The van der Waals surface area contributed by atoms with Crippen molar-refractivity contribution < 1.29 is 5.11 Å². The van der Waals surface area contributed by atoms with Crippen LogP contribution in [0.2, 0.25) is 0 Å². The average Bonchev–Trinajstić information content (AvgIpc) is 2.00. The van der Waals surface area contributed by atoms with Gasteiger partial charge in [-0.05, 0) is 18.8 Å².